The summed E-state index contributed by atoms with van der Waals surface area (Å²) >= 11 is 0. The van der Waals surface area contributed by atoms with Gasteiger partial charge >= 0.3 is 0 Å². The lowest BCUT2D eigenvalue weighted by molar-refractivity contribution is -0.0265. The number of pyridine rings is 1. The van der Waals surface area contributed by atoms with Crippen molar-refractivity contribution in [3.63, 3.8) is 0 Å². The summed E-state index contributed by atoms with van der Waals surface area (Å²) in [6, 6.07) is 6.21. The van der Waals surface area contributed by atoms with Crippen molar-refractivity contribution in [2.75, 3.05) is 26.3 Å². The topological polar surface area (TPSA) is 51.4 Å². The summed E-state index contributed by atoms with van der Waals surface area (Å²) in [6.07, 6.45) is 2.03. The van der Waals surface area contributed by atoms with Crippen LogP contribution >= 0.6 is 0 Å². The largest absolute Gasteiger partial charge is 0.381 e. The molecule has 0 aliphatic carbocycles. The van der Waals surface area contributed by atoms with Crippen LogP contribution in [0.25, 0.3) is 0 Å². The fourth-order valence-electron chi connectivity index (χ4n) is 2.90. The monoisotopic (exact) mass is 263 g/mol. The molecule has 1 aromatic heterocycles. The SMILES string of the molecule is CCN(Cc1cccc(C)n1)C1(CN)CCOCC1. The molecule has 0 radical (unpaired) electrons. The summed E-state index contributed by atoms with van der Waals surface area (Å²) in [4.78, 5) is 7.08. The van der Waals surface area contributed by atoms with Gasteiger partial charge < -0.3 is 10.5 Å². The fourth-order valence-corrected chi connectivity index (χ4v) is 2.90. The van der Waals surface area contributed by atoms with Crippen LogP contribution in [0.2, 0.25) is 0 Å². The molecule has 0 atom stereocenters. The second-order valence-corrected chi connectivity index (χ2v) is 5.33. The van der Waals surface area contributed by atoms with Crippen molar-refractivity contribution in [1.82, 2.24) is 9.88 Å². The molecule has 4 heteroatoms. The molecule has 19 heavy (non-hydrogen) atoms. The van der Waals surface area contributed by atoms with Gasteiger partial charge in [0.2, 0.25) is 0 Å². The lowest BCUT2D eigenvalue weighted by atomic mass is 9.87. The molecular weight excluding hydrogens is 238 g/mol. The number of nitrogens with zero attached hydrogens (tertiary/aromatic N) is 2. The van der Waals surface area contributed by atoms with E-state index in [-0.39, 0.29) is 5.54 Å². The zero-order valence-electron chi connectivity index (χ0n) is 12.1. The number of hydrogen-bond donors (Lipinski definition) is 1. The summed E-state index contributed by atoms with van der Waals surface area (Å²) in [6.45, 7) is 8.41. The highest BCUT2D eigenvalue weighted by Gasteiger charge is 2.36. The Morgan fingerprint density at radius 3 is 2.68 bits per heavy atom. The Morgan fingerprint density at radius 1 is 1.37 bits per heavy atom. The first kappa shape index (κ1) is 14.4. The summed E-state index contributed by atoms with van der Waals surface area (Å²) in [5, 5.41) is 0. The molecule has 2 rings (SSSR count). The number of hydrogen-bond acceptors (Lipinski definition) is 4. The van der Waals surface area contributed by atoms with Crippen LogP contribution in [0.5, 0.6) is 0 Å². The van der Waals surface area contributed by atoms with Gasteiger partial charge in [-0.05, 0) is 38.4 Å². The van der Waals surface area contributed by atoms with Gasteiger partial charge in [0.1, 0.15) is 0 Å². The lowest BCUT2D eigenvalue weighted by Gasteiger charge is -2.45. The van der Waals surface area contributed by atoms with Gasteiger partial charge in [0.05, 0.1) is 5.69 Å². The van der Waals surface area contributed by atoms with E-state index in [0.717, 1.165) is 50.5 Å². The molecule has 0 bridgehead atoms. The minimum absolute atomic E-state index is 0.0818. The Bertz CT molecular complexity index is 402. The molecule has 1 aromatic rings. The molecule has 106 valence electrons. The van der Waals surface area contributed by atoms with E-state index >= 15 is 0 Å². The minimum atomic E-state index is 0.0818. The van der Waals surface area contributed by atoms with Gasteiger partial charge in [-0.2, -0.15) is 0 Å². The second-order valence-electron chi connectivity index (χ2n) is 5.33. The number of nitrogens with two attached hydrogens (primary N) is 1. The normalized spacial score (nSPS) is 18.7. The van der Waals surface area contributed by atoms with E-state index in [2.05, 4.69) is 28.9 Å². The molecule has 2 heterocycles. The van der Waals surface area contributed by atoms with Gasteiger partial charge in [-0.3, -0.25) is 9.88 Å². The highest BCUT2D eigenvalue weighted by atomic mass is 16.5. The molecule has 0 spiro atoms. The van der Waals surface area contributed by atoms with E-state index in [4.69, 9.17) is 10.5 Å². The first-order valence-corrected chi connectivity index (χ1v) is 7.15. The number of aromatic nitrogens is 1. The molecule has 1 aliphatic heterocycles. The predicted octanol–water partition coefficient (Wildman–Crippen LogP) is 1.72. The van der Waals surface area contributed by atoms with Gasteiger partial charge in [0, 0.05) is 37.5 Å². The van der Waals surface area contributed by atoms with Crippen LogP contribution in [0, 0.1) is 6.92 Å². The third-order valence-electron chi connectivity index (χ3n) is 4.15. The Hall–Kier alpha value is -0.970. The Labute approximate surface area is 116 Å². The lowest BCUT2D eigenvalue weighted by Crippen LogP contribution is -2.56. The average Bonchev–Trinajstić information content (AvgIpc) is 2.45. The number of aryl methyl sites for hydroxylation is 1. The van der Waals surface area contributed by atoms with E-state index in [1.165, 1.54) is 0 Å². The van der Waals surface area contributed by atoms with Crippen molar-refractivity contribution < 1.29 is 4.74 Å². The fraction of sp³-hybridized carbons (Fsp3) is 0.667. The highest BCUT2D eigenvalue weighted by Crippen LogP contribution is 2.28. The van der Waals surface area contributed by atoms with Crippen LogP contribution in [0.1, 0.15) is 31.2 Å². The van der Waals surface area contributed by atoms with Gasteiger partial charge in [-0.15, -0.1) is 0 Å². The van der Waals surface area contributed by atoms with Crippen molar-refractivity contribution >= 4 is 0 Å². The highest BCUT2D eigenvalue weighted by molar-refractivity contribution is 5.10. The number of ether oxygens (including phenoxy) is 1. The first-order chi connectivity index (χ1) is 9.20. The first-order valence-electron chi connectivity index (χ1n) is 7.15. The van der Waals surface area contributed by atoms with Crippen molar-refractivity contribution in [1.29, 1.82) is 0 Å². The van der Waals surface area contributed by atoms with Crippen molar-refractivity contribution in [2.45, 2.75) is 38.8 Å². The zero-order valence-corrected chi connectivity index (χ0v) is 12.1. The minimum Gasteiger partial charge on any atom is -0.381 e. The summed E-state index contributed by atoms with van der Waals surface area (Å²) in [7, 11) is 0. The number of rotatable bonds is 5. The quantitative estimate of drug-likeness (QED) is 0.879. The molecule has 1 saturated heterocycles. The van der Waals surface area contributed by atoms with Crippen LogP contribution in [0.4, 0.5) is 0 Å². The molecule has 2 N–H and O–H groups in total. The molecular formula is C15H25N3O. The third-order valence-corrected chi connectivity index (χ3v) is 4.15. The maximum absolute atomic E-state index is 6.08. The Morgan fingerprint density at radius 2 is 2.11 bits per heavy atom. The third kappa shape index (κ3) is 3.32. The molecule has 4 nitrogen and oxygen atoms in total. The number of likely N-dealkylation sites (N-methyl/N-ethyl adjacent to an activating group) is 1. The molecule has 1 fully saturated rings. The van der Waals surface area contributed by atoms with E-state index in [9.17, 15) is 0 Å². The van der Waals surface area contributed by atoms with Gasteiger partial charge in [-0.25, -0.2) is 0 Å². The van der Waals surface area contributed by atoms with Crippen molar-refractivity contribution in [3.05, 3.63) is 29.6 Å². The van der Waals surface area contributed by atoms with Crippen LogP contribution in [-0.4, -0.2) is 41.7 Å². The van der Waals surface area contributed by atoms with Crippen LogP contribution in [0.15, 0.2) is 18.2 Å². The molecule has 0 amide bonds. The summed E-state index contributed by atoms with van der Waals surface area (Å²) in [5.41, 5.74) is 8.36. The predicted molar refractivity (Wildman–Crippen MR) is 76.9 cm³/mol. The van der Waals surface area contributed by atoms with Crippen LogP contribution < -0.4 is 5.73 Å². The summed E-state index contributed by atoms with van der Waals surface area (Å²) < 4.78 is 5.49. The molecule has 0 aromatic carbocycles. The maximum atomic E-state index is 6.08. The van der Waals surface area contributed by atoms with Gasteiger partial charge in [0.25, 0.3) is 0 Å². The van der Waals surface area contributed by atoms with Gasteiger partial charge in [0.15, 0.2) is 0 Å². The molecule has 0 saturated carbocycles. The standard InChI is InChI=1S/C15H25N3O/c1-3-18(11-14-6-4-5-13(2)17-14)15(12-16)7-9-19-10-8-15/h4-6H,3,7-12,16H2,1-2H3. The van der Waals surface area contributed by atoms with E-state index in [1.807, 2.05) is 13.0 Å². The molecule has 1 aliphatic rings. The smallest absolute Gasteiger partial charge is 0.0547 e. The second kappa shape index (κ2) is 6.46. The van der Waals surface area contributed by atoms with Crippen molar-refractivity contribution in [2.24, 2.45) is 5.73 Å². The average molecular weight is 263 g/mol. The van der Waals surface area contributed by atoms with Crippen molar-refractivity contribution in [3.8, 4) is 0 Å². The zero-order chi connectivity index (χ0) is 13.7. The van der Waals surface area contributed by atoms with Crippen LogP contribution in [-0.2, 0) is 11.3 Å². The molecule has 0 unspecified atom stereocenters. The van der Waals surface area contributed by atoms with Crippen LogP contribution in [0.3, 0.4) is 0 Å². The Kier molecular flexibility index (Phi) is 4.91. The summed E-state index contributed by atoms with van der Waals surface area (Å²) in [5.74, 6) is 0. The van der Waals surface area contributed by atoms with E-state index in [0.29, 0.717) is 6.54 Å². The van der Waals surface area contributed by atoms with Gasteiger partial charge in [-0.1, -0.05) is 13.0 Å². The maximum Gasteiger partial charge on any atom is 0.0547 e. The Balaban J connectivity index is 2.14. The van der Waals surface area contributed by atoms with E-state index < -0.39 is 0 Å². The van der Waals surface area contributed by atoms with E-state index in [1.54, 1.807) is 0 Å².